The molecule has 0 bridgehead atoms. The van der Waals surface area contributed by atoms with Crippen LogP contribution in [0, 0.1) is 6.92 Å². The first-order valence-corrected chi connectivity index (χ1v) is 8.99. The number of rotatable bonds is 5. The molecule has 0 saturated heterocycles. The standard InChI is InChI=1S/C19H15F3N2O4S/c1-10-4-6-12(7-5-10)29-17-14(19(20,21)22)16(26-2)23-15(24-17)11-8-13(28-9-11)18(25)27-3/h4-9H,1-3H3. The topological polar surface area (TPSA) is 74.5 Å². The molecule has 0 amide bonds. The monoisotopic (exact) mass is 424 g/mol. The normalized spacial score (nSPS) is 11.4. The number of ether oxygens (including phenoxy) is 2. The van der Waals surface area contributed by atoms with E-state index in [1.807, 2.05) is 6.92 Å². The van der Waals surface area contributed by atoms with E-state index in [0.717, 1.165) is 30.7 Å². The lowest BCUT2D eigenvalue weighted by atomic mass is 10.2. The Morgan fingerprint density at radius 3 is 2.41 bits per heavy atom. The molecule has 152 valence electrons. The summed E-state index contributed by atoms with van der Waals surface area (Å²) in [6.45, 7) is 1.87. The first-order valence-electron chi connectivity index (χ1n) is 8.18. The highest BCUT2D eigenvalue weighted by molar-refractivity contribution is 7.99. The first-order chi connectivity index (χ1) is 13.7. The maximum Gasteiger partial charge on any atom is 0.424 e. The van der Waals surface area contributed by atoms with E-state index < -0.39 is 23.6 Å². The molecule has 29 heavy (non-hydrogen) atoms. The minimum Gasteiger partial charge on any atom is -0.480 e. The van der Waals surface area contributed by atoms with Gasteiger partial charge in [0.1, 0.15) is 11.3 Å². The summed E-state index contributed by atoms with van der Waals surface area (Å²) in [4.78, 5) is 20.1. The molecule has 3 rings (SSSR count). The number of carbonyl (C=O) groups excluding carboxylic acids is 1. The highest BCUT2D eigenvalue weighted by Crippen LogP contribution is 2.43. The van der Waals surface area contributed by atoms with E-state index in [0.29, 0.717) is 4.90 Å². The molecule has 2 heterocycles. The van der Waals surface area contributed by atoms with E-state index in [9.17, 15) is 18.0 Å². The van der Waals surface area contributed by atoms with Crippen LogP contribution in [0.15, 0.2) is 50.9 Å². The Morgan fingerprint density at radius 1 is 1.14 bits per heavy atom. The molecular weight excluding hydrogens is 409 g/mol. The van der Waals surface area contributed by atoms with Gasteiger partial charge in [-0.3, -0.25) is 0 Å². The highest BCUT2D eigenvalue weighted by atomic mass is 32.2. The van der Waals surface area contributed by atoms with Crippen LogP contribution >= 0.6 is 11.8 Å². The molecule has 0 aliphatic rings. The van der Waals surface area contributed by atoms with Crippen LogP contribution in [0.3, 0.4) is 0 Å². The van der Waals surface area contributed by atoms with Gasteiger partial charge in [-0.2, -0.15) is 18.2 Å². The van der Waals surface area contributed by atoms with E-state index >= 15 is 0 Å². The van der Waals surface area contributed by atoms with Crippen molar-refractivity contribution in [1.29, 1.82) is 0 Å². The van der Waals surface area contributed by atoms with Gasteiger partial charge in [0.25, 0.3) is 0 Å². The lowest BCUT2D eigenvalue weighted by Gasteiger charge is -2.15. The predicted octanol–water partition coefficient (Wildman–Crippen LogP) is 5.01. The van der Waals surface area contributed by atoms with E-state index in [-0.39, 0.29) is 22.2 Å². The zero-order valence-corrected chi connectivity index (χ0v) is 16.4. The van der Waals surface area contributed by atoms with Gasteiger partial charge in [-0.15, -0.1) is 0 Å². The fourth-order valence-corrected chi connectivity index (χ4v) is 3.33. The summed E-state index contributed by atoms with van der Waals surface area (Å²) in [5, 5.41) is -0.330. The van der Waals surface area contributed by atoms with E-state index in [2.05, 4.69) is 14.7 Å². The average molecular weight is 424 g/mol. The van der Waals surface area contributed by atoms with Crippen molar-refractivity contribution in [2.45, 2.75) is 23.0 Å². The number of alkyl halides is 3. The number of benzene rings is 1. The molecule has 10 heteroatoms. The average Bonchev–Trinajstić information content (AvgIpc) is 3.18. The van der Waals surface area contributed by atoms with Crippen molar-refractivity contribution in [2.24, 2.45) is 0 Å². The Kier molecular flexibility index (Phi) is 5.83. The third kappa shape index (κ3) is 4.53. The van der Waals surface area contributed by atoms with E-state index in [1.165, 1.54) is 13.2 Å². The molecule has 0 aliphatic heterocycles. The minimum atomic E-state index is -4.73. The molecule has 0 aliphatic carbocycles. The quantitative estimate of drug-likeness (QED) is 0.421. The number of esters is 1. The van der Waals surface area contributed by atoms with Crippen LogP contribution in [-0.4, -0.2) is 30.2 Å². The molecule has 0 radical (unpaired) electrons. The molecule has 0 unspecified atom stereocenters. The summed E-state index contributed by atoms with van der Waals surface area (Å²) >= 11 is 0.832. The van der Waals surface area contributed by atoms with Crippen LogP contribution in [0.4, 0.5) is 13.2 Å². The molecule has 0 spiro atoms. The van der Waals surface area contributed by atoms with Crippen molar-refractivity contribution in [3.05, 3.63) is 53.5 Å². The zero-order chi connectivity index (χ0) is 21.2. The maximum absolute atomic E-state index is 13.7. The number of hydrogen-bond donors (Lipinski definition) is 0. The number of nitrogens with zero attached hydrogens (tertiary/aromatic N) is 2. The SMILES string of the molecule is COC(=O)c1cc(-c2nc(OC)c(C(F)(F)F)c(Sc3ccc(C)cc3)n2)co1. The van der Waals surface area contributed by atoms with E-state index in [4.69, 9.17) is 9.15 Å². The van der Waals surface area contributed by atoms with Crippen LogP contribution in [0.25, 0.3) is 11.4 Å². The van der Waals surface area contributed by atoms with Crippen LogP contribution in [0.2, 0.25) is 0 Å². The molecule has 0 saturated carbocycles. The minimum absolute atomic E-state index is 0.0802. The van der Waals surface area contributed by atoms with Crippen molar-refractivity contribution in [3.63, 3.8) is 0 Å². The number of methoxy groups -OCH3 is 2. The van der Waals surface area contributed by atoms with Gasteiger partial charge in [0.15, 0.2) is 11.4 Å². The number of aromatic nitrogens is 2. The van der Waals surface area contributed by atoms with Crippen LogP contribution in [0.1, 0.15) is 21.7 Å². The summed E-state index contributed by atoms with van der Waals surface area (Å²) in [5.41, 5.74) is 0.106. The lowest BCUT2D eigenvalue weighted by molar-refractivity contribution is -0.141. The lowest BCUT2D eigenvalue weighted by Crippen LogP contribution is -2.13. The largest absolute Gasteiger partial charge is 0.480 e. The van der Waals surface area contributed by atoms with Gasteiger partial charge in [-0.1, -0.05) is 29.5 Å². The molecule has 0 atom stereocenters. The Hall–Kier alpha value is -3.01. The van der Waals surface area contributed by atoms with Crippen LogP contribution in [0.5, 0.6) is 5.88 Å². The Balaban J connectivity index is 2.13. The Labute approximate surface area is 168 Å². The van der Waals surface area contributed by atoms with Crippen LogP contribution < -0.4 is 4.74 Å². The number of hydrogen-bond acceptors (Lipinski definition) is 7. The maximum atomic E-state index is 13.7. The van der Waals surface area contributed by atoms with Gasteiger partial charge < -0.3 is 13.9 Å². The fraction of sp³-hybridized carbons (Fsp3) is 0.211. The van der Waals surface area contributed by atoms with Crippen LogP contribution in [-0.2, 0) is 10.9 Å². The smallest absolute Gasteiger partial charge is 0.424 e. The van der Waals surface area contributed by atoms with Crippen molar-refractivity contribution in [3.8, 4) is 17.3 Å². The zero-order valence-electron chi connectivity index (χ0n) is 15.5. The van der Waals surface area contributed by atoms with Gasteiger partial charge in [0.05, 0.1) is 19.8 Å². The van der Waals surface area contributed by atoms with Gasteiger partial charge >= 0.3 is 12.1 Å². The molecule has 3 aromatic rings. The van der Waals surface area contributed by atoms with Crippen molar-refractivity contribution in [2.75, 3.05) is 14.2 Å². The molecule has 0 N–H and O–H groups in total. The molecule has 6 nitrogen and oxygen atoms in total. The third-order valence-corrected chi connectivity index (χ3v) is 4.80. The summed E-state index contributed by atoms with van der Waals surface area (Å²) < 4.78 is 55.6. The van der Waals surface area contributed by atoms with Gasteiger partial charge in [0.2, 0.25) is 11.6 Å². The third-order valence-electron chi connectivity index (χ3n) is 3.80. The molecule has 0 fully saturated rings. The Bertz CT molecular complexity index is 1030. The summed E-state index contributed by atoms with van der Waals surface area (Å²) in [7, 11) is 2.27. The van der Waals surface area contributed by atoms with E-state index in [1.54, 1.807) is 24.3 Å². The second kappa shape index (κ2) is 8.16. The Morgan fingerprint density at radius 2 is 1.83 bits per heavy atom. The van der Waals surface area contributed by atoms with Crippen molar-refractivity contribution in [1.82, 2.24) is 9.97 Å². The summed E-state index contributed by atoms with van der Waals surface area (Å²) in [6, 6.07) is 8.25. The predicted molar refractivity (Wildman–Crippen MR) is 97.9 cm³/mol. The number of carbonyl (C=O) groups is 1. The summed E-state index contributed by atoms with van der Waals surface area (Å²) in [5.74, 6) is -1.57. The molecule has 2 aromatic heterocycles. The molecular formula is C19H15F3N2O4S. The molecule has 1 aromatic carbocycles. The van der Waals surface area contributed by atoms with Crippen molar-refractivity contribution < 1.29 is 31.9 Å². The first kappa shape index (κ1) is 20.7. The number of aryl methyl sites for hydroxylation is 1. The highest BCUT2D eigenvalue weighted by Gasteiger charge is 2.40. The van der Waals surface area contributed by atoms with Gasteiger partial charge in [0, 0.05) is 11.0 Å². The van der Waals surface area contributed by atoms with Gasteiger partial charge in [-0.25, -0.2) is 9.78 Å². The fourth-order valence-electron chi connectivity index (χ4n) is 2.39. The second-order valence-corrected chi connectivity index (χ2v) is 6.90. The second-order valence-electron chi connectivity index (χ2n) is 5.84. The van der Waals surface area contributed by atoms with Crippen molar-refractivity contribution >= 4 is 17.7 Å². The van der Waals surface area contributed by atoms with Gasteiger partial charge in [-0.05, 0) is 19.1 Å². The summed E-state index contributed by atoms with van der Waals surface area (Å²) in [6.07, 6.45) is -3.57. The number of halogens is 3. The number of furan rings is 1.